The Morgan fingerprint density at radius 3 is 2.21 bits per heavy atom. The van der Waals surface area contributed by atoms with Gasteiger partial charge in [-0.25, -0.2) is 21.6 Å². The number of carbonyl (C=O) groups excluding carboxylic acids is 1. The Labute approximate surface area is 193 Å². The average Bonchev–Trinajstić information content (AvgIpc) is 3.05. The summed E-state index contributed by atoms with van der Waals surface area (Å²) in [4.78, 5) is 12.3. The second-order valence-electron chi connectivity index (χ2n) is 8.75. The van der Waals surface area contributed by atoms with E-state index in [1.165, 1.54) is 12.1 Å². The number of carbonyl (C=O) groups is 1. The minimum atomic E-state index is -4.01. The van der Waals surface area contributed by atoms with Gasteiger partial charge in [-0.2, -0.15) is 0 Å². The van der Waals surface area contributed by atoms with Crippen molar-refractivity contribution in [3.8, 4) is 0 Å². The second kappa shape index (κ2) is 8.57. The molecule has 2 aromatic carbocycles. The fraction of sp³-hybridized carbons (Fsp3) is 0.409. The number of hydrogen-bond donors (Lipinski definition) is 3. The van der Waals surface area contributed by atoms with Gasteiger partial charge in [0, 0.05) is 23.4 Å². The molecule has 0 aliphatic heterocycles. The number of nitrogens with one attached hydrogen (secondary N) is 1. The highest BCUT2D eigenvalue weighted by molar-refractivity contribution is 7.92. The maximum absolute atomic E-state index is 13.5. The molecule has 0 aromatic heterocycles. The van der Waals surface area contributed by atoms with E-state index in [2.05, 4.69) is 5.32 Å². The standard InChI is InChI=1S/C22H21ClF3NO5S/c23-15-4-3-11(21(29)27-14-6-16(24)19(26)17(25)7-14)5-18(15)33(31,32)20-12-1-2-13(20)9-22(30,8-12)10-28/h3-7,12-13,20,28,30H,1-2,8-10H2,(H,27,29)/t12-,13?,20+,22+/m0/s1. The molecule has 0 saturated heterocycles. The molecule has 1 unspecified atom stereocenters. The normalized spacial score (nSPS) is 26.9. The Morgan fingerprint density at radius 2 is 1.67 bits per heavy atom. The van der Waals surface area contributed by atoms with E-state index in [9.17, 15) is 36.6 Å². The fourth-order valence-electron chi connectivity index (χ4n) is 5.11. The summed E-state index contributed by atoms with van der Waals surface area (Å²) < 4.78 is 67.1. The van der Waals surface area contributed by atoms with Crippen LogP contribution in [0, 0.1) is 29.3 Å². The van der Waals surface area contributed by atoms with E-state index >= 15 is 0 Å². The maximum atomic E-state index is 13.5. The van der Waals surface area contributed by atoms with Crippen molar-refractivity contribution in [1.29, 1.82) is 0 Å². The molecule has 2 saturated carbocycles. The predicted molar refractivity (Wildman–Crippen MR) is 114 cm³/mol. The lowest BCUT2D eigenvalue weighted by Crippen LogP contribution is -2.48. The third kappa shape index (κ3) is 4.37. The Bertz CT molecular complexity index is 1190. The molecule has 4 atom stereocenters. The molecule has 3 N–H and O–H groups in total. The molecule has 2 fully saturated rings. The van der Waals surface area contributed by atoms with Crippen molar-refractivity contribution < 1.29 is 36.6 Å². The van der Waals surface area contributed by atoms with E-state index in [1.54, 1.807) is 0 Å². The van der Waals surface area contributed by atoms with E-state index in [0.717, 1.165) is 6.07 Å². The highest BCUT2D eigenvalue weighted by Crippen LogP contribution is 2.51. The smallest absolute Gasteiger partial charge is 0.255 e. The zero-order valence-electron chi connectivity index (χ0n) is 17.2. The van der Waals surface area contributed by atoms with Crippen molar-refractivity contribution in [2.75, 3.05) is 11.9 Å². The van der Waals surface area contributed by atoms with Gasteiger partial charge < -0.3 is 15.5 Å². The van der Waals surface area contributed by atoms with Crippen molar-refractivity contribution in [2.24, 2.45) is 11.8 Å². The summed E-state index contributed by atoms with van der Waals surface area (Å²) in [6.07, 6.45) is 1.44. The summed E-state index contributed by atoms with van der Waals surface area (Å²) in [5.41, 5.74) is -1.79. The van der Waals surface area contributed by atoms with Crippen LogP contribution in [-0.4, -0.2) is 42.0 Å². The number of aliphatic hydroxyl groups excluding tert-OH is 1. The lowest BCUT2D eigenvalue weighted by Gasteiger charge is -2.39. The van der Waals surface area contributed by atoms with Crippen LogP contribution in [0.15, 0.2) is 35.2 Å². The van der Waals surface area contributed by atoms with E-state index in [-0.39, 0.29) is 45.8 Å². The Balaban J connectivity index is 1.63. The van der Waals surface area contributed by atoms with Gasteiger partial charge in [0.2, 0.25) is 0 Å². The number of rotatable bonds is 5. The van der Waals surface area contributed by atoms with E-state index in [1.807, 2.05) is 0 Å². The number of amides is 1. The van der Waals surface area contributed by atoms with Crippen LogP contribution in [0.2, 0.25) is 5.02 Å². The van der Waals surface area contributed by atoms with Gasteiger partial charge in [-0.05, 0) is 55.7 Å². The van der Waals surface area contributed by atoms with Gasteiger partial charge >= 0.3 is 0 Å². The van der Waals surface area contributed by atoms with Gasteiger partial charge in [-0.15, -0.1) is 0 Å². The van der Waals surface area contributed by atoms with E-state index in [4.69, 9.17) is 11.6 Å². The number of hydrogen-bond acceptors (Lipinski definition) is 5. The molecule has 6 nitrogen and oxygen atoms in total. The van der Waals surface area contributed by atoms with Crippen molar-refractivity contribution >= 4 is 33.0 Å². The third-order valence-corrected chi connectivity index (χ3v) is 9.39. The molecule has 33 heavy (non-hydrogen) atoms. The SMILES string of the molecule is O=C(Nc1cc(F)c(F)c(F)c1)c1ccc(Cl)c(S(=O)(=O)[C@H]2C3CC[C@H]2C[C@](O)(CO)C3)c1. The van der Waals surface area contributed by atoms with Crippen LogP contribution in [0.1, 0.15) is 36.0 Å². The van der Waals surface area contributed by atoms with Crippen LogP contribution in [0.4, 0.5) is 18.9 Å². The molecule has 11 heteroatoms. The number of sulfone groups is 1. The zero-order chi connectivity index (χ0) is 24.1. The topological polar surface area (TPSA) is 104 Å². The minimum absolute atomic E-state index is 0.0900. The van der Waals surface area contributed by atoms with Crippen LogP contribution in [0.5, 0.6) is 0 Å². The van der Waals surface area contributed by atoms with Crippen LogP contribution in [-0.2, 0) is 9.84 Å². The Morgan fingerprint density at radius 1 is 1.09 bits per heavy atom. The number of benzene rings is 2. The number of aliphatic hydroxyl groups is 2. The molecule has 1 amide bonds. The molecule has 2 aliphatic carbocycles. The van der Waals surface area contributed by atoms with Gasteiger partial charge in [0.05, 0.1) is 27.4 Å². The zero-order valence-corrected chi connectivity index (χ0v) is 18.8. The summed E-state index contributed by atoms with van der Waals surface area (Å²) in [6, 6.07) is 4.80. The molecular weight excluding hydrogens is 483 g/mol. The highest BCUT2D eigenvalue weighted by Gasteiger charge is 2.54. The van der Waals surface area contributed by atoms with Gasteiger partial charge in [0.15, 0.2) is 27.3 Å². The predicted octanol–water partition coefficient (Wildman–Crippen LogP) is 3.70. The highest BCUT2D eigenvalue weighted by atomic mass is 35.5. The van der Waals surface area contributed by atoms with Crippen molar-refractivity contribution in [1.82, 2.24) is 0 Å². The second-order valence-corrected chi connectivity index (χ2v) is 11.2. The Kier molecular flexibility index (Phi) is 6.24. The average molecular weight is 504 g/mol. The molecule has 2 aliphatic rings. The first-order valence-electron chi connectivity index (χ1n) is 10.3. The summed E-state index contributed by atoms with van der Waals surface area (Å²) in [5.74, 6) is -6.26. The molecule has 2 aromatic rings. The molecule has 0 heterocycles. The van der Waals surface area contributed by atoms with Crippen molar-refractivity contribution in [3.63, 3.8) is 0 Å². The minimum Gasteiger partial charge on any atom is -0.393 e. The monoisotopic (exact) mass is 503 g/mol. The van der Waals surface area contributed by atoms with Crippen LogP contribution < -0.4 is 5.32 Å². The van der Waals surface area contributed by atoms with Crippen LogP contribution in [0.3, 0.4) is 0 Å². The molecule has 4 rings (SSSR count). The molecule has 178 valence electrons. The van der Waals surface area contributed by atoms with Gasteiger partial charge in [0.1, 0.15) is 0 Å². The molecule has 0 spiro atoms. The molecular formula is C22H21ClF3NO5S. The summed E-state index contributed by atoms with van der Waals surface area (Å²) in [5, 5.41) is 21.3. The lowest BCUT2D eigenvalue weighted by atomic mass is 9.77. The first-order valence-corrected chi connectivity index (χ1v) is 12.2. The van der Waals surface area contributed by atoms with Crippen LogP contribution in [0.25, 0.3) is 0 Å². The van der Waals surface area contributed by atoms with Crippen molar-refractivity contribution in [3.05, 3.63) is 58.4 Å². The first kappa shape index (κ1) is 24.0. The summed E-state index contributed by atoms with van der Waals surface area (Å²) in [6.45, 7) is -0.451. The third-order valence-electron chi connectivity index (χ3n) is 6.52. The molecule has 2 bridgehead atoms. The Hall–Kier alpha value is -2.14. The lowest BCUT2D eigenvalue weighted by molar-refractivity contribution is -0.0597. The fourth-order valence-corrected chi connectivity index (χ4v) is 7.96. The number of fused-ring (bicyclic) bond motifs is 2. The largest absolute Gasteiger partial charge is 0.393 e. The quantitative estimate of drug-likeness (QED) is 0.540. The van der Waals surface area contributed by atoms with E-state index < -0.39 is 50.7 Å². The van der Waals surface area contributed by atoms with Crippen molar-refractivity contribution in [2.45, 2.75) is 41.4 Å². The van der Waals surface area contributed by atoms with Crippen LogP contribution >= 0.6 is 11.6 Å². The van der Waals surface area contributed by atoms with Gasteiger partial charge in [-0.1, -0.05) is 11.6 Å². The number of halogens is 4. The summed E-state index contributed by atoms with van der Waals surface area (Å²) >= 11 is 6.18. The maximum Gasteiger partial charge on any atom is 0.255 e. The first-order chi connectivity index (χ1) is 15.4. The molecule has 0 radical (unpaired) electrons. The van der Waals surface area contributed by atoms with E-state index in [0.29, 0.717) is 25.0 Å². The van der Waals surface area contributed by atoms with Gasteiger partial charge in [0.25, 0.3) is 5.91 Å². The van der Waals surface area contributed by atoms with Gasteiger partial charge in [-0.3, -0.25) is 4.79 Å². The summed E-state index contributed by atoms with van der Waals surface area (Å²) in [7, 11) is -4.01. The number of anilines is 1.